The highest BCUT2D eigenvalue weighted by atomic mass is 35.5. The van der Waals surface area contributed by atoms with Crippen molar-refractivity contribution >= 4 is 22.6 Å². The largest absolute Gasteiger partial charge is 0.487 e. The van der Waals surface area contributed by atoms with Gasteiger partial charge in [0, 0.05) is 12.6 Å². The number of aryl methyl sites for hydroxylation is 1. The third-order valence-electron chi connectivity index (χ3n) is 3.62. The molecule has 3 rings (SSSR count). The summed E-state index contributed by atoms with van der Waals surface area (Å²) in [6, 6.07) is 9.75. The molecule has 3 aromatic rings. The minimum Gasteiger partial charge on any atom is -0.487 e. The van der Waals surface area contributed by atoms with E-state index in [1.165, 1.54) is 12.1 Å². The summed E-state index contributed by atoms with van der Waals surface area (Å²) >= 11 is 6.24. The van der Waals surface area contributed by atoms with Crippen LogP contribution in [-0.2, 0) is 19.8 Å². The van der Waals surface area contributed by atoms with Crippen LogP contribution in [0.4, 0.5) is 4.39 Å². The minimum atomic E-state index is -0.302. The van der Waals surface area contributed by atoms with Gasteiger partial charge in [0.25, 0.3) is 0 Å². The van der Waals surface area contributed by atoms with E-state index in [4.69, 9.17) is 16.3 Å². The fourth-order valence-electron chi connectivity index (χ4n) is 2.55. The highest BCUT2D eigenvalue weighted by Crippen LogP contribution is 2.31. The Bertz CT molecular complexity index is 848. The van der Waals surface area contributed by atoms with Gasteiger partial charge in [-0.05, 0) is 30.7 Å². The molecule has 0 fully saturated rings. The quantitative estimate of drug-likeness (QED) is 0.769. The van der Waals surface area contributed by atoms with Crippen LogP contribution in [0.25, 0.3) is 11.0 Å². The first-order valence-electron chi connectivity index (χ1n) is 7.29. The van der Waals surface area contributed by atoms with Crippen molar-refractivity contribution in [2.24, 2.45) is 0 Å². The summed E-state index contributed by atoms with van der Waals surface area (Å²) in [6.07, 6.45) is 0. The van der Waals surface area contributed by atoms with E-state index in [0.29, 0.717) is 28.7 Å². The molecule has 23 heavy (non-hydrogen) atoms. The monoisotopic (exact) mass is 334 g/mol. The number of halogens is 2. The number of nitrogens with zero attached hydrogens (tertiary/aromatic N) is 2. The van der Waals surface area contributed by atoms with Gasteiger partial charge >= 0.3 is 0 Å². The van der Waals surface area contributed by atoms with E-state index in [1.54, 1.807) is 24.3 Å². The number of aromatic nitrogens is 2. The summed E-state index contributed by atoms with van der Waals surface area (Å²) in [5.74, 6) is 0.785. The molecule has 0 saturated carbocycles. The maximum absolute atomic E-state index is 13.2. The SMILES string of the molecule is CCn1c(CO)nc2cc(Cl)c(OCc3cccc(F)c3)cc21. The van der Waals surface area contributed by atoms with Crippen molar-refractivity contribution in [3.63, 3.8) is 0 Å². The standard InChI is InChI=1S/C17H16ClFN2O2/c1-2-21-15-8-16(13(18)7-14(15)20-17(21)9-22)23-10-11-4-3-5-12(19)6-11/h3-8,22H,2,9-10H2,1H3. The van der Waals surface area contributed by atoms with Crippen LogP contribution < -0.4 is 4.74 Å². The average molecular weight is 335 g/mol. The van der Waals surface area contributed by atoms with Crippen LogP contribution in [0.5, 0.6) is 5.75 Å². The summed E-state index contributed by atoms with van der Waals surface area (Å²) in [4.78, 5) is 4.36. The lowest BCUT2D eigenvalue weighted by molar-refractivity contribution is 0.266. The van der Waals surface area contributed by atoms with Gasteiger partial charge in [-0.2, -0.15) is 0 Å². The van der Waals surface area contributed by atoms with E-state index in [1.807, 2.05) is 11.5 Å². The van der Waals surface area contributed by atoms with Crippen LogP contribution in [0.2, 0.25) is 5.02 Å². The highest BCUT2D eigenvalue weighted by molar-refractivity contribution is 6.32. The van der Waals surface area contributed by atoms with E-state index in [2.05, 4.69) is 4.98 Å². The molecule has 0 spiro atoms. The van der Waals surface area contributed by atoms with Gasteiger partial charge in [-0.1, -0.05) is 23.7 Å². The second kappa shape index (κ2) is 6.56. The lowest BCUT2D eigenvalue weighted by Crippen LogP contribution is -2.01. The Balaban J connectivity index is 1.92. The molecular weight excluding hydrogens is 319 g/mol. The van der Waals surface area contributed by atoms with Gasteiger partial charge in [-0.3, -0.25) is 0 Å². The normalized spacial score (nSPS) is 11.1. The van der Waals surface area contributed by atoms with Crippen LogP contribution in [0.15, 0.2) is 36.4 Å². The van der Waals surface area contributed by atoms with Crippen molar-refractivity contribution < 1.29 is 14.2 Å². The number of hydrogen-bond acceptors (Lipinski definition) is 3. The van der Waals surface area contributed by atoms with E-state index in [9.17, 15) is 9.50 Å². The third-order valence-corrected chi connectivity index (χ3v) is 3.92. The molecule has 0 atom stereocenters. The molecule has 120 valence electrons. The van der Waals surface area contributed by atoms with E-state index >= 15 is 0 Å². The summed E-state index contributed by atoms with van der Waals surface area (Å²) < 4.78 is 20.8. The zero-order valence-electron chi connectivity index (χ0n) is 12.6. The molecule has 0 aliphatic rings. The van der Waals surface area contributed by atoms with Gasteiger partial charge in [0.1, 0.15) is 30.6 Å². The number of aliphatic hydroxyl groups is 1. The highest BCUT2D eigenvalue weighted by Gasteiger charge is 2.13. The Morgan fingerprint density at radius 2 is 2.13 bits per heavy atom. The topological polar surface area (TPSA) is 47.3 Å². The van der Waals surface area contributed by atoms with Gasteiger partial charge in [0.05, 0.1) is 16.1 Å². The van der Waals surface area contributed by atoms with Crippen LogP contribution in [0, 0.1) is 5.82 Å². The van der Waals surface area contributed by atoms with Gasteiger partial charge in [-0.25, -0.2) is 9.37 Å². The first kappa shape index (κ1) is 15.8. The van der Waals surface area contributed by atoms with E-state index < -0.39 is 0 Å². The number of imidazole rings is 1. The molecule has 0 aliphatic carbocycles. The summed E-state index contributed by atoms with van der Waals surface area (Å²) in [7, 11) is 0. The summed E-state index contributed by atoms with van der Waals surface area (Å²) in [5.41, 5.74) is 2.27. The Hall–Kier alpha value is -2.11. The third kappa shape index (κ3) is 3.16. The van der Waals surface area contributed by atoms with Gasteiger partial charge < -0.3 is 14.4 Å². The van der Waals surface area contributed by atoms with Crippen molar-refractivity contribution in [3.05, 3.63) is 58.6 Å². The summed E-state index contributed by atoms with van der Waals surface area (Å²) in [5, 5.41) is 9.81. The Kier molecular flexibility index (Phi) is 4.50. The predicted molar refractivity (Wildman–Crippen MR) is 87.1 cm³/mol. The van der Waals surface area contributed by atoms with Gasteiger partial charge in [0.2, 0.25) is 0 Å². The van der Waals surface area contributed by atoms with E-state index in [0.717, 1.165) is 11.1 Å². The average Bonchev–Trinajstić information content (AvgIpc) is 2.89. The zero-order chi connectivity index (χ0) is 16.4. The fraction of sp³-hybridized carbons (Fsp3) is 0.235. The van der Waals surface area contributed by atoms with Crippen molar-refractivity contribution in [1.82, 2.24) is 9.55 Å². The number of hydrogen-bond donors (Lipinski definition) is 1. The van der Waals surface area contributed by atoms with Crippen LogP contribution >= 0.6 is 11.6 Å². The second-order valence-corrected chi connectivity index (χ2v) is 5.53. The number of aliphatic hydroxyl groups excluding tert-OH is 1. The molecule has 2 aromatic carbocycles. The van der Waals surface area contributed by atoms with Crippen molar-refractivity contribution in [2.45, 2.75) is 26.7 Å². The second-order valence-electron chi connectivity index (χ2n) is 5.12. The smallest absolute Gasteiger partial charge is 0.140 e. The number of benzene rings is 2. The molecule has 0 aliphatic heterocycles. The van der Waals surface area contributed by atoms with Crippen molar-refractivity contribution in [2.75, 3.05) is 0 Å². The molecule has 0 amide bonds. The Labute approximate surface area is 138 Å². The molecule has 0 saturated heterocycles. The molecule has 0 radical (unpaired) electrons. The number of rotatable bonds is 5. The van der Waals surface area contributed by atoms with E-state index in [-0.39, 0.29) is 19.0 Å². The van der Waals surface area contributed by atoms with Crippen LogP contribution in [0.1, 0.15) is 18.3 Å². The maximum Gasteiger partial charge on any atom is 0.140 e. The first-order chi connectivity index (χ1) is 11.1. The van der Waals surface area contributed by atoms with Crippen LogP contribution in [0.3, 0.4) is 0 Å². The van der Waals surface area contributed by atoms with Crippen LogP contribution in [-0.4, -0.2) is 14.7 Å². The fourth-order valence-corrected chi connectivity index (χ4v) is 2.76. The molecule has 4 nitrogen and oxygen atoms in total. The number of fused-ring (bicyclic) bond motifs is 1. The Morgan fingerprint density at radius 1 is 1.30 bits per heavy atom. The molecular formula is C17H16ClFN2O2. The Morgan fingerprint density at radius 3 is 2.83 bits per heavy atom. The minimum absolute atomic E-state index is 0.139. The predicted octanol–water partition coefficient (Wildman–Crippen LogP) is 3.92. The molecule has 0 bridgehead atoms. The van der Waals surface area contributed by atoms with Gasteiger partial charge in [-0.15, -0.1) is 0 Å². The van der Waals surface area contributed by atoms with Crippen molar-refractivity contribution in [1.29, 1.82) is 0 Å². The van der Waals surface area contributed by atoms with Crippen molar-refractivity contribution in [3.8, 4) is 5.75 Å². The number of ether oxygens (including phenoxy) is 1. The maximum atomic E-state index is 13.2. The molecule has 0 unspecified atom stereocenters. The van der Waals surface area contributed by atoms with Gasteiger partial charge in [0.15, 0.2) is 0 Å². The lowest BCUT2D eigenvalue weighted by atomic mass is 10.2. The molecule has 1 aromatic heterocycles. The molecule has 1 heterocycles. The zero-order valence-corrected chi connectivity index (χ0v) is 13.3. The molecule has 1 N–H and O–H groups in total. The molecule has 6 heteroatoms. The first-order valence-corrected chi connectivity index (χ1v) is 7.67. The summed E-state index contributed by atoms with van der Waals surface area (Å²) in [6.45, 7) is 2.73. The lowest BCUT2D eigenvalue weighted by Gasteiger charge is -2.10.